The fraction of sp³-hybridized carbons (Fsp3) is 1.00. The van der Waals surface area contributed by atoms with Crippen LogP contribution in [0.15, 0.2) is 0 Å². The van der Waals surface area contributed by atoms with Crippen LogP contribution in [0.25, 0.3) is 0 Å². The van der Waals surface area contributed by atoms with Crippen molar-refractivity contribution >= 4 is 0 Å². The lowest BCUT2D eigenvalue weighted by molar-refractivity contribution is 0.0563. The maximum Gasteiger partial charge on any atom is 0.0583 e. The minimum absolute atomic E-state index is 0.0342. The normalized spacial score (nSPS) is 36.6. The van der Waals surface area contributed by atoms with Crippen LogP contribution in [0.5, 0.6) is 0 Å². The SMILES string of the molecule is OC1CCNCCC1C1CCCCC1. The van der Waals surface area contributed by atoms with Gasteiger partial charge in [0, 0.05) is 0 Å². The van der Waals surface area contributed by atoms with Crippen molar-refractivity contribution in [2.45, 2.75) is 51.0 Å². The van der Waals surface area contributed by atoms with E-state index < -0.39 is 0 Å². The first-order chi connectivity index (χ1) is 6.88. The van der Waals surface area contributed by atoms with Crippen molar-refractivity contribution in [2.75, 3.05) is 13.1 Å². The maximum absolute atomic E-state index is 10.1. The van der Waals surface area contributed by atoms with E-state index in [1.807, 2.05) is 0 Å². The number of aliphatic hydroxyl groups excluding tert-OH is 1. The van der Waals surface area contributed by atoms with Crippen LogP contribution >= 0.6 is 0 Å². The van der Waals surface area contributed by atoms with Gasteiger partial charge in [0.15, 0.2) is 0 Å². The van der Waals surface area contributed by atoms with Crippen LogP contribution in [0.4, 0.5) is 0 Å². The predicted molar refractivity (Wildman–Crippen MR) is 58.2 cm³/mol. The first-order valence-corrected chi connectivity index (χ1v) is 6.26. The molecule has 1 saturated heterocycles. The molecule has 1 aliphatic carbocycles. The van der Waals surface area contributed by atoms with Gasteiger partial charge in [-0.05, 0) is 37.8 Å². The van der Waals surface area contributed by atoms with Gasteiger partial charge in [0.25, 0.3) is 0 Å². The lowest BCUT2D eigenvalue weighted by Crippen LogP contribution is -2.29. The van der Waals surface area contributed by atoms with Gasteiger partial charge in [0.05, 0.1) is 6.10 Å². The van der Waals surface area contributed by atoms with Crippen LogP contribution in [0.2, 0.25) is 0 Å². The first kappa shape index (κ1) is 10.4. The van der Waals surface area contributed by atoms with Gasteiger partial charge in [-0.15, -0.1) is 0 Å². The molecular weight excluding hydrogens is 174 g/mol. The third-order valence-electron chi connectivity index (χ3n) is 4.02. The van der Waals surface area contributed by atoms with Crippen molar-refractivity contribution < 1.29 is 5.11 Å². The molecule has 0 aromatic carbocycles. The van der Waals surface area contributed by atoms with Gasteiger partial charge in [0.2, 0.25) is 0 Å². The molecule has 0 amide bonds. The Balaban J connectivity index is 1.91. The summed E-state index contributed by atoms with van der Waals surface area (Å²) >= 11 is 0. The van der Waals surface area contributed by atoms with E-state index in [1.165, 1.54) is 38.5 Å². The van der Waals surface area contributed by atoms with Crippen LogP contribution < -0.4 is 5.32 Å². The average Bonchev–Trinajstić information content (AvgIpc) is 2.44. The zero-order chi connectivity index (χ0) is 9.80. The number of aliphatic hydroxyl groups is 1. The minimum Gasteiger partial charge on any atom is -0.393 e. The monoisotopic (exact) mass is 197 g/mol. The van der Waals surface area contributed by atoms with E-state index in [4.69, 9.17) is 0 Å². The molecule has 2 unspecified atom stereocenters. The summed E-state index contributed by atoms with van der Waals surface area (Å²) in [7, 11) is 0. The van der Waals surface area contributed by atoms with E-state index >= 15 is 0 Å². The second-order valence-electron chi connectivity index (χ2n) is 4.96. The molecule has 0 spiro atoms. The Hall–Kier alpha value is -0.0800. The topological polar surface area (TPSA) is 32.3 Å². The smallest absolute Gasteiger partial charge is 0.0583 e. The minimum atomic E-state index is -0.0342. The van der Waals surface area contributed by atoms with Gasteiger partial charge in [0.1, 0.15) is 0 Å². The zero-order valence-corrected chi connectivity index (χ0v) is 9.04. The molecule has 2 N–H and O–H groups in total. The van der Waals surface area contributed by atoms with Crippen molar-refractivity contribution in [2.24, 2.45) is 11.8 Å². The van der Waals surface area contributed by atoms with Gasteiger partial charge < -0.3 is 10.4 Å². The quantitative estimate of drug-likeness (QED) is 0.673. The molecule has 2 nitrogen and oxygen atoms in total. The van der Waals surface area contributed by atoms with Crippen LogP contribution in [0.1, 0.15) is 44.9 Å². The number of rotatable bonds is 1. The molecule has 2 aliphatic rings. The fourth-order valence-corrected chi connectivity index (χ4v) is 3.16. The molecule has 2 heteroatoms. The lowest BCUT2D eigenvalue weighted by Gasteiger charge is -2.32. The fourth-order valence-electron chi connectivity index (χ4n) is 3.16. The van der Waals surface area contributed by atoms with Gasteiger partial charge >= 0.3 is 0 Å². The molecule has 1 aliphatic heterocycles. The number of nitrogens with one attached hydrogen (secondary N) is 1. The van der Waals surface area contributed by atoms with E-state index in [0.29, 0.717) is 5.92 Å². The largest absolute Gasteiger partial charge is 0.393 e. The van der Waals surface area contributed by atoms with Crippen molar-refractivity contribution in [3.63, 3.8) is 0 Å². The van der Waals surface area contributed by atoms with E-state index in [0.717, 1.165) is 25.4 Å². The standard InChI is InChI=1S/C12H23NO/c14-12-7-9-13-8-6-11(12)10-4-2-1-3-5-10/h10-14H,1-9H2. The van der Waals surface area contributed by atoms with E-state index in [2.05, 4.69) is 5.32 Å². The van der Waals surface area contributed by atoms with Crippen molar-refractivity contribution in [3.05, 3.63) is 0 Å². The third-order valence-corrected chi connectivity index (χ3v) is 4.02. The highest BCUT2D eigenvalue weighted by Gasteiger charge is 2.29. The zero-order valence-electron chi connectivity index (χ0n) is 9.04. The molecule has 0 aromatic heterocycles. The highest BCUT2D eigenvalue weighted by Crippen LogP contribution is 2.34. The Kier molecular flexibility index (Phi) is 3.82. The molecule has 2 fully saturated rings. The Morgan fingerprint density at radius 2 is 1.57 bits per heavy atom. The van der Waals surface area contributed by atoms with Gasteiger partial charge in [-0.1, -0.05) is 32.1 Å². The summed E-state index contributed by atoms with van der Waals surface area (Å²) in [6.07, 6.45) is 9.03. The Labute approximate surface area is 87.1 Å². The molecule has 2 atom stereocenters. The Morgan fingerprint density at radius 1 is 0.857 bits per heavy atom. The summed E-state index contributed by atoms with van der Waals surface area (Å²) in [6, 6.07) is 0. The number of hydrogen-bond acceptors (Lipinski definition) is 2. The summed E-state index contributed by atoms with van der Waals surface area (Å²) in [5.74, 6) is 1.41. The molecular formula is C12H23NO. The molecule has 1 heterocycles. The second-order valence-corrected chi connectivity index (χ2v) is 4.96. The van der Waals surface area contributed by atoms with E-state index in [1.54, 1.807) is 0 Å². The van der Waals surface area contributed by atoms with E-state index in [-0.39, 0.29) is 6.10 Å². The molecule has 14 heavy (non-hydrogen) atoms. The Bertz CT molecular complexity index is 166. The lowest BCUT2D eigenvalue weighted by atomic mass is 9.76. The van der Waals surface area contributed by atoms with Gasteiger partial charge in [-0.3, -0.25) is 0 Å². The average molecular weight is 197 g/mol. The Morgan fingerprint density at radius 3 is 2.36 bits per heavy atom. The molecule has 0 bridgehead atoms. The summed E-state index contributed by atoms with van der Waals surface area (Å²) in [6.45, 7) is 2.11. The van der Waals surface area contributed by atoms with Crippen molar-refractivity contribution in [1.82, 2.24) is 5.32 Å². The molecule has 2 rings (SSSR count). The molecule has 1 saturated carbocycles. The second kappa shape index (κ2) is 5.13. The first-order valence-electron chi connectivity index (χ1n) is 6.26. The molecule has 82 valence electrons. The van der Waals surface area contributed by atoms with Crippen LogP contribution in [-0.2, 0) is 0 Å². The number of hydrogen-bond donors (Lipinski definition) is 2. The summed E-state index contributed by atoms with van der Waals surface area (Å²) in [5.41, 5.74) is 0. The van der Waals surface area contributed by atoms with Crippen LogP contribution in [-0.4, -0.2) is 24.3 Å². The van der Waals surface area contributed by atoms with Gasteiger partial charge in [-0.25, -0.2) is 0 Å². The predicted octanol–water partition coefficient (Wildman–Crippen LogP) is 1.93. The van der Waals surface area contributed by atoms with Crippen molar-refractivity contribution in [1.29, 1.82) is 0 Å². The maximum atomic E-state index is 10.1. The molecule has 0 aromatic rings. The van der Waals surface area contributed by atoms with Crippen LogP contribution in [0.3, 0.4) is 0 Å². The third kappa shape index (κ3) is 2.48. The highest BCUT2D eigenvalue weighted by molar-refractivity contribution is 4.82. The molecule has 0 radical (unpaired) electrons. The summed E-state index contributed by atoms with van der Waals surface area (Å²) in [4.78, 5) is 0. The van der Waals surface area contributed by atoms with Crippen molar-refractivity contribution in [3.8, 4) is 0 Å². The van der Waals surface area contributed by atoms with Gasteiger partial charge in [-0.2, -0.15) is 0 Å². The highest BCUT2D eigenvalue weighted by atomic mass is 16.3. The van der Waals surface area contributed by atoms with Crippen LogP contribution in [0, 0.1) is 11.8 Å². The summed E-state index contributed by atoms with van der Waals surface area (Å²) in [5, 5.41) is 13.4. The summed E-state index contributed by atoms with van der Waals surface area (Å²) < 4.78 is 0. The van der Waals surface area contributed by atoms with E-state index in [9.17, 15) is 5.11 Å².